The normalized spacial score (nSPS) is 19.7. The number of piperidine rings is 1. The van der Waals surface area contributed by atoms with E-state index in [0.29, 0.717) is 26.1 Å². The van der Waals surface area contributed by atoms with E-state index in [4.69, 9.17) is 4.74 Å². The molecule has 1 saturated heterocycles. The molecule has 3 aromatic rings. The van der Waals surface area contributed by atoms with E-state index >= 15 is 0 Å². The van der Waals surface area contributed by atoms with Gasteiger partial charge in [0, 0.05) is 30.2 Å². The Morgan fingerprint density at radius 3 is 2.79 bits per heavy atom. The van der Waals surface area contributed by atoms with Crippen LogP contribution < -0.4 is 0 Å². The first-order chi connectivity index (χ1) is 13.6. The fourth-order valence-electron chi connectivity index (χ4n) is 3.78. The van der Waals surface area contributed by atoms with Gasteiger partial charge in [0.15, 0.2) is 0 Å². The van der Waals surface area contributed by atoms with Gasteiger partial charge in [0.25, 0.3) is 0 Å². The van der Waals surface area contributed by atoms with E-state index in [1.165, 1.54) is 17.0 Å². The van der Waals surface area contributed by atoms with E-state index in [9.17, 15) is 14.3 Å². The van der Waals surface area contributed by atoms with E-state index in [1.807, 2.05) is 24.4 Å². The number of ether oxygens (including phenoxy) is 1. The fraction of sp³-hybridized carbons (Fsp3) is 0.273. The Hall–Kier alpha value is -2.99. The highest BCUT2D eigenvalue weighted by atomic mass is 19.1. The lowest BCUT2D eigenvalue weighted by atomic mass is 9.87. The van der Waals surface area contributed by atoms with Crippen LogP contribution in [0.1, 0.15) is 23.5 Å². The molecule has 1 aliphatic rings. The summed E-state index contributed by atoms with van der Waals surface area (Å²) in [5.74, 6) is -0.254. The minimum Gasteiger partial charge on any atom is -0.465 e. The van der Waals surface area contributed by atoms with Crippen LogP contribution in [-0.2, 0) is 11.3 Å². The Morgan fingerprint density at radius 2 is 2.00 bits per heavy atom. The summed E-state index contributed by atoms with van der Waals surface area (Å²) in [6.45, 7) is 1.13. The molecule has 0 aliphatic carbocycles. The van der Waals surface area contributed by atoms with Crippen molar-refractivity contribution in [1.82, 2.24) is 9.88 Å². The molecule has 0 radical (unpaired) electrons. The van der Waals surface area contributed by atoms with Crippen molar-refractivity contribution in [2.45, 2.75) is 25.0 Å². The van der Waals surface area contributed by atoms with Crippen molar-refractivity contribution in [3.05, 3.63) is 77.9 Å². The Balaban J connectivity index is 1.53. The van der Waals surface area contributed by atoms with Gasteiger partial charge in [-0.3, -0.25) is 4.98 Å². The van der Waals surface area contributed by atoms with Crippen LogP contribution in [0, 0.1) is 5.82 Å². The van der Waals surface area contributed by atoms with Crippen molar-refractivity contribution in [2.75, 3.05) is 13.1 Å². The summed E-state index contributed by atoms with van der Waals surface area (Å²) in [4.78, 5) is 16.9. The number of hydrogen-bond donors (Lipinski definition) is 1. The molecule has 144 valence electrons. The molecule has 5 nitrogen and oxygen atoms in total. The number of pyridine rings is 1. The van der Waals surface area contributed by atoms with Crippen molar-refractivity contribution in [3.63, 3.8) is 0 Å². The number of amides is 1. The molecule has 2 unspecified atom stereocenters. The first-order valence-electron chi connectivity index (χ1n) is 9.28. The summed E-state index contributed by atoms with van der Waals surface area (Å²) in [5, 5.41) is 11.5. The number of hydrogen-bond acceptors (Lipinski definition) is 3. The maximum atomic E-state index is 13.3. The average molecular weight is 380 g/mol. The first kappa shape index (κ1) is 18.4. The number of carboxylic acid groups (broad SMARTS) is 1. The summed E-state index contributed by atoms with van der Waals surface area (Å²) >= 11 is 0. The maximum Gasteiger partial charge on any atom is 0.407 e. The van der Waals surface area contributed by atoms with Crippen LogP contribution in [0.2, 0.25) is 0 Å². The number of rotatable bonds is 4. The van der Waals surface area contributed by atoms with Gasteiger partial charge in [-0.25, -0.2) is 9.18 Å². The Kier molecular flexibility index (Phi) is 5.21. The van der Waals surface area contributed by atoms with Crippen molar-refractivity contribution in [1.29, 1.82) is 0 Å². The van der Waals surface area contributed by atoms with E-state index in [-0.39, 0.29) is 17.8 Å². The lowest BCUT2D eigenvalue weighted by Gasteiger charge is -2.37. The second-order valence-electron chi connectivity index (χ2n) is 7.08. The van der Waals surface area contributed by atoms with Gasteiger partial charge in [0.1, 0.15) is 5.82 Å². The topological polar surface area (TPSA) is 62.7 Å². The standard InChI is InChI=1S/C22H21FN2O3/c23-19-5-3-16(4-6-19)20-8-10-25(22(26)27)13-21(20)28-14-15-1-2-18-12-24-9-7-17(18)11-15/h1-7,9,11-12,20-21H,8,10,13-14H2,(H,26,27). The number of nitrogens with zero attached hydrogens (tertiary/aromatic N) is 2. The van der Waals surface area contributed by atoms with Gasteiger partial charge in [0.2, 0.25) is 0 Å². The molecular formula is C22H21FN2O3. The number of halogens is 1. The van der Waals surface area contributed by atoms with Gasteiger partial charge in [-0.05, 0) is 47.2 Å². The van der Waals surface area contributed by atoms with Crippen molar-refractivity contribution in [2.24, 2.45) is 0 Å². The highest BCUT2D eigenvalue weighted by molar-refractivity contribution is 5.81. The molecule has 1 fully saturated rings. The lowest BCUT2D eigenvalue weighted by molar-refractivity contribution is -0.0199. The van der Waals surface area contributed by atoms with Crippen LogP contribution in [0.25, 0.3) is 10.8 Å². The zero-order valence-electron chi connectivity index (χ0n) is 15.3. The smallest absolute Gasteiger partial charge is 0.407 e. The minimum atomic E-state index is -0.940. The van der Waals surface area contributed by atoms with E-state index in [0.717, 1.165) is 21.9 Å². The minimum absolute atomic E-state index is 0.0286. The largest absolute Gasteiger partial charge is 0.465 e. The zero-order chi connectivity index (χ0) is 19.5. The molecule has 1 aliphatic heterocycles. The number of fused-ring (bicyclic) bond motifs is 1. The van der Waals surface area contributed by atoms with Gasteiger partial charge in [-0.1, -0.05) is 24.3 Å². The summed E-state index contributed by atoms with van der Waals surface area (Å²) < 4.78 is 19.5. The average Bonchev–Trinajstić information content (AvgIpc) is 2.72. The second kappa shape index (κ2) is 7.94. The monoisotopic (exact) mass is 380 g/mol. The Morgan fingerprint density at radius 1 is 1.18 bits per heavy atom. The van der Waals surface area contributed by atoms with Crippen molar-refractivity contribution in [3.8, 4) is 0 Å². The Bertz CT molecular complexity index is 977. The molecule has 4 rings (SSSR count). The highest BCUT2D eigenvalue weighted by Gasteiger charge is 2.33. The summed E-state index contributed by atoms with van der Waals surface area (Å²) in [6.07, 6.45) is 2.99. The van der Waals surface area contributed by atoms with Gasteiger partial charge < -0.3 is 14.7 Å². The Labute approximate surface area is 162 Å². The molecule has 1 N–H and O–H groups in total. The second-order valence-corrected chi connectivity index (χ2v) is 7.08. The van der Waals surface area contributed by atoms with Gasteiger partial charge in [0.05, 0.1) is 19.3 Å². The predicted molar refractivity (Wildman–Crippen MR) is 104 cm³/mol. The predicted octanol–water partition coefficient (Wildman–Crippen LogP) is 4.43. The van der Waals surface area contributed by atoms with E-state index in [2.05, 4.69) is 11.1 Å². The molecule has 6 heteroatoms. The molecule has 1 amide bonds. The number of benzene rings is 2. The van der Waals surface area contributed by atoms with Gasteiger partial charge in [-0.15, -0.1) is 0 Å². The van der Waals surface area contributed by atoms with Crippen LogP contribution in [-0.4, -0.2) is 40.3 Å². The molecule has 1 aromatic heterocycles. The molecule has 2 atom stereocenters. The van der Waals surface area contributed by atoms with E-state index in [1.54, 1.807) is 18.3 Å². The lowest BCUT2D eigenvalue weighted by Crippen LogP contribution is -2.46. The fourth-order valence-corrected chi connectivity index (χ4v) is 3.78. The highest BCUT2D eigenvalue weighted by Crippen LogP contribution is 2.31. The molecule has 0 spiro atoms. The first-order valence-corrected chi connectivity index (χ1v) is 9.28. The maximum absolute atomic E-state index is 13.3. The van der Waals surface area contributed by atoms with Crippen LogP contribution in [0.5, 0.6) is 0 Å². The quantitative estimate of drug-likeness (QED) is 0.727. The third-order valence-electron chi connectivity index (χ3n) is 5.30. The van der Waals surface area contributed by atoms with Crippen LogP contribution >= 0.6 is 0 Å². The third kappa shape index (κ3) is 3.97. The summed E-state index contributed by atoms with van der Waals surface area (Å²) in [6, 6.07) is 14.4. The van der Waals surface area contributed by atoms with Crippen LogP contribution in [0.4, 0.5) is 9.18 Å². The zero-order valence-corrected chi connectivity index (χ0v) is 15.3. The van der Waals surface area contributed by atoms with Crippen LogP contribution in [0.3, 0.4) is 0 Å². The number of likely N-dealkylation sites (tertiary alicyclic amines) is 1. The van der Waals surface area contributed by atoms with Crippen LogP contribution in [0.15, 0.2) is 60.9 Å². The molecule has 2 heterocycles. The number of carbonyl (C=O) groups is 1. The molecule has 0 saturated carbocycles. The summed E-state index contributed by atoms with van der Waals surface area (Å²) in [5.41, 5.74) is 1.99. The number of aromatic nitrogens is 1. The van der Waals surface area contributed by atoms with Crippen molar-refractivity contribution < 1.29 is 19.0 Å². The third-order valence-corrected chi connectivity index (χ3v) is 5.30. The molecule has 0 bridgehead atoms. The molecular weight excluding hydrogens is 359 g/mol. The summed E-state index contributed by atoms with van der Waals surface area (Å²) in [7, 11) is 0. The van der Waals surface area contributed by atoms with Gasteiger partial charge in [-0.2, -0.15) is 0 Å². The van der Waals surface area contributed by atoms with E-state index < -0.39 is 6.09 Å². The van der Waals surface area contributed by atoms with Crippen molar-refractivity contribution >= 4 is 16.9 Å². The molecule has 2 aromatic carbocycles. The SMILES string of the molecule is O=C(O)N1CCC(c2ccc(F)cc2)C(OCc2ccc3cnccc3c2)C1. The molecule has 28 heavy (non-hydrogen) atoms. The van der Waals surface area contributed by atoms with Gasteiger partial charge >= 0.3 is 6.09 Å².